The summed E-state index contributed by atoms with van der Waals surface area (Å²) in [4.78, 5) is 0. The second-order valence-electron chi connectivity index (χ2n) is 14.0. The Kier molecular flexibility index (Phi) is 6.02. The molecule has 49 heavy (non-hydrogen) atoms. The molecule has 0 aromatic heterocycles. The normalized spacial score (nSPS) is 13.3. The van der Waals surface area contributed by atoms with Crippen molar-refractivity contribution in [1.29, 1.82) is 0 Å². The van der Waals surface area contributed by atoms with Crippen molar-refractivity contribution in [3.05, 3.63) is 181 Å². The van der Waals surface area contributed by atoms with Crippen molar-refractivity contribution < 1.29 is 0 Å². The van der Waals surface area contributed by atoms with Gasteiger partial charge in [0.15, 0.2) is 0 Å². The molecule has 0 atom stereocenters. The van der Waals surface area contributed by atoms with E-state index in [1.54, 1.807) is 0 Å². The lowest BCUT2D eigenvalue weighted by molar-refractivity contribution is 0.666. The molecular weight excluding hydrogens is 589 g/mol. The Morgan fingerprint density at radius 2 is 0.694 bits per heavy atom. The zero-order valence-electron chi connectivity index (χ0n) is 27.7. The Morgan fingerprint density at radius 1 is 0.306 bits per heavy atom. The summed E-state index contributed by atoms with van der Waals surface area (Å²) >= 11 is 0. The van der Waals surface area contributed by atoms with Crippen molar-refractivity contribution in [2.45, 2.75) is 19.3 Å². The molecule has 0 heteroatoms. The second-order valence-corrected chi connectivity index (χ2v) is 14.0. The third-order valence-corrected chi connectivity index (χ3v) is 11.0. The van der Waals surface area contributed by atoms with Crippen LogP contribution in [0.3, 0.4) is 0 Å². The third-order valence-electron chi connectivity index (χ3n) is 11.0. The largest absolute Gasteiger partial charge is 0.0622 e. The summed E-state index contributed by atoms with van der Waals surface area (Å²) in [5.74, 6) is 0. The summed E-state index contributed by atoms with van der Waals surface area (Å²) in [6, 6.07) is 62.9. The molecule has 230 valence electrons. The van der Waals surface area contributed by atoms with E-state index < -0.39 is 0 Å². The fraction of sp³-hybridized carbons (Fsp3) is 0.0612. The van der Waals surface area contributed by atoms with E-state index in [1.165, 1.54) is 98.7 Å². The lowest BCUT2D eigenvalue weighted by Gasteiger charge is -2.24. The minimum Gasteiger partial charge on any atom is -0.0622 e. The highest BCUT2D eigenvalue weighted by atomic mass is 14.4. The van der Waals surface area contributed by atoms with E-state index in [0.717, 1.165) is 0 Å². The van der Waals surface area contributed by atoms with E-state index in [2.05, 4.69) is 184 Å². The molecule has 0 saturated carbocycles. The van der Waals surface area contributed by atoms with Crippen LogP contribution >= 0.6 is 0 Å². The van der Waals surface area contributed by atoms with Gasteiger partial charge in [0.25, 0.3) is 0 Å². The Bertz CT molecular complexity index is 2710. The van der Waals surface area contributed by atoms with Gasteiger partial charge in [0.05, 0.1) is 0 Å². The maximum atomic E-state index is 2.44. The molecule has 0 heterocycles. The third kappa shape index (κ3) is 4.04. The number of hydrogen-bond acceptors (Lipinski definition) is 0. The predicted octanol–water partition coefficient (Wildman–Crippen LogP) is 13.6. The van der Waals surface area contributed by atoms with Crippen LogP contribution in [0, 0.1) is 0 Å². The lowest BCUT2D eigenvalue weighted by Crippen LogP contribution is -2.15. The van der Waals surface area contributed by atoms with E-state index in [9.17, 15) is 0 Å². The topological polar surface area (TPSA) is 0 Å². The molecule has 0 fully saturated rings. The first-order chi connectivity index (χ1) is 24.1. The predicted molar refractivity (Wildman–Crippen MR) is 210 cm³/mol. The Morgan fingerprint density at radius 3 is 1.24 bits per heavy atom. The molecule has 0 saturated heterocycles. The zero-order chi connectivity index (χ0) is 32.7. The van der Waals surface area contributed by atoms with Gasteiger partial charge in [-0.05, 0) is 105 Å². The molecule has 0 amide bonds. The van der Waals surface area contributed by atoms with Crippen molar-refractivity contribution >= 4 is 43.1 Å². The lowest BCUT2D eigenvalue weighted by atomic mass is 9.79. The van der Waals surface area contributed by atoms with Crippen LogP contribution in [0.25, 0.3) is 87.6 Å². The van der Waals surface area contributed by atoms with E-state index in [4.69, 9.17) is 0 Å². The van der Waals surface area contributed by atoms with Crippen LogP contribution in [-0.4, -0.2) is 0 Å². The standard InChI is InChI=1S/C49H34/c1-49(2)44-29-28-34(30-43(44)47-37-18-8-6-16-35(37)36-17-7-13-23-42(36)48(47)49)31-24-26-33(27-25-31)46-40-21-11-9-19-38(40)45(32-14-4-3-5-15-32)39-20-10-12-22-41(39)46/h3-30H,1-2H3. The molecule has 0 aliphatic heterocycles. The Balaban J connectivity index is 1.15. The van der Waals surface area contributed by atoms with Gasteiger partial charge in [-0.25, -0.2) is 0 Å². The number of benzene rings is 9. The quantitative estimate of drug-likeness (QED) is 0.136. The molecule has 9 aromatic carbocycles. The van der Waals surface area contributed by atoms with Crippen LogP contribution in [0.4, 0.5) is 0 Å². The molecule has 0 N–H and O–H groups in total. The van der Waals surface area contributed by atoms with Crippen LogP contribution in [-0.2, 0) is 5.41 Å². The van der Waals surface area contributed by atoms with Gasteiger partial charge in [0.1, 0.15) is 0 Å². The highest BCUT2D eigenvalue weighted by molar-refractivity contribution is 6.22. The molecule has 1 aliphatic rings. The van der Waals surface area contributed by atoms with Crippen molar-refractivity contribution in [1.82, 2.24) is 0 Å². The van der Waals surface area contributed by atoms with Crippen molar-refractivity contribution in [2.75, 3.05) is 0 Å². The Hall–Kier alpha value is -5.98. The van der Waals surface area contributed by atoms with Gasteiger partial charge in [0, 0.05) is 5.41 Å². The van der Waals surface area contributed by atoms with Crippen LogP contribution in [0.2, 0.25) is 0 Å². The first kappa shape index (κ1) is 28.1. The summed E-state index contributed by atoms with van der Waals surface area (Å²) in [6.45, 7) is 4.79. The van der Waals surface area contributed by atoms with Gasteiger partial charge >= 0.3 is 0 Å². The molecule has 0 radical (unpaired) electrons. The molecule has 9 aromatic rings. The van der Waals surface area contributed by atoms with Crippen molar-refractivity contribution in [2.24, 2.45) is 0 Å². The van der Waals surface area contributed by atoms with E-state index in [1.807, 2.05) is 0 Å². The summed E-state index contributed by atoms with van der Waals surface area (Å²) in [7, 11) is 0. The highest BCUT2D eigenvalue weighted by Gasteiger charge is 2.38. The molecule has 0 nitrogen and oxygen atoms in total. The SMILES string of the molecule is CC1(C)c2ccc(-c3ccc(-c4c5ccccc5c(-c5ccccc5)c5ccccc45)cc3)cc2-c2c1c1ccccc1c1ccccc21. The van der Waals surface area contributed by atoms with Crippen molar-refractivity contribution in [3.63, 3.8) is 0 Å². The minimum atomic E-state index is -0.0925. The van der Waals surface area contributed by atoms with Crippen LogP contribution in [0.15, 0.2) is 170 Å². The van der Waals surface area contributed by atoms with Crippen LogP contribution in [0.5, 0.6) is 0 Å². The highest BCUT2D eigenvalue weighted by Crippen LogP contribution is 2.55. The van der Waals surface area contributed by atoms with Gasteiger partial charge in [0.2, 0.25) is 0 Å². The van der Waals surface area contributed by atoms with Gasteiger partial charge < -0.3 is 0 Å². The first-order valence-electron chi connectivity index (χ1n) is 17.3. The molecule has 10 rings (SSSR count). The van der Waals surface area contributed by atoms with Crippen molar-refractivity contribution in [3.8, 4) is 44.5 Å². The van der Waals surface area contributed by atoms with E-state index in [-0.39, 0.29) is 5.41 Å². The van der Waals surface area contributed by atoms with Gasteiger partial charge in [-0.3, -0.25) is 0 Å². The summed E-state index contributed by atoms with van der Waals surface area (Å²) in [5.41, 5.74) is 13.1. The molecule has 0 unspecified atom stereocenters. The molecular formula is C49H34. The fourth-order valence-electron chi connectivity index (χ4n) is 8.87. The molecule has 1 aliphatic carbocycles. The average Bonchev–Trinajstić information content (AvgIpc) is 3.40. The van der Waals surface area contributed by atoms with Crippen LogP contribution in [0.1, 0.15) is 25.0 Å². The summed E-state index contributed by atoms with van der Waals surface area (Å²) in [6.07, 6.45) is 0. The van der Waals surface area contributed by atoms with Gasteiger partial charge in [-0.2, -0.15) is 0 Å². The fourth-order valence-corrected chi connectivity index (χ4v) is 8.87. The van der Waals surface area contributed by atoms with Gasteiger partial charge in [-0.15, -0.1) is 0 Å². The number of fused-ring (bicyclic) bond motifs is 10. The Labute approximate surface area is 286 Å². The van der Waals surface area contributed by atoms with E-state index in [0.29, 0.717) is 0 Å². The maximum Gasteiger partial charge on any atom is 0.0165 e. The first-order valence-corrected chi connectivity index (χ1v) is 17.3. The second kappa shape index (κ2) is 10.5. The number of hydrogen-bond donors (Lipinski definition) is 0. The zero-order valence-corrected chi connectivity index (χ0v) is 27.7. The molecule has 0 spiro atoms. The smallest absolute Gasteiger partial charge is 0.0165 e. The summed E-state index contributed by atoms with van der Waals surface area (Å²) in [5, 5.41) is 10.5. The number of rotatable bonds is 3. The van der Waals surface area contributed by atoms with Crippen LogP contribution < -0.4 is 0 Å². The summed E-state index contributed by atoms with van der Waals surface area (Å²) < 4.78 is 0. The van der Waals surface area contributed by atoms with E-state index >= 15 is 0 Å². The minimum absolute atomic E-state index is 0.0925. The molecule has 0 bridgehead atoms. The average molecular weight is 623 g/mol. The maximum absolute atomic E-state index is 2.44. The van der Waals surface area contributed by atoms with Gasteiger partial charge in [-0.1, -0.05) is 178 Å². The monoisotopic (exact) mass is 622 g/mol.